The molecule has 8 unspecified atom stereocenters. The van der Waals surface area contributed by atoms with Gasteiger partial charge in [0, 0.05) is 39.1 Å². The fraction of sp³-hybridized carbons (Fsp3) is 0.877. The number of hydrogen-bond donors (Lipinski definition) is 6. The second-order valence-corrected chi connectivity index (χ2v) is 32.5. The molecular formula is C81H150N4O22P2-2. The zero-order valence-corrected chi connectivity index (χ0v) is 70.4. The Morgan fingerprint density at radius 3 is 1.06 bits per heavy atom. The van der Waals surface area contributed by atoms with E-state index in [0.29, 0.717) is 51.4 Å². The van der Waals surface area contributed by atoms with Crippen LogP contribution in [0.5, 0.6) is 0 Å². The first-order valence-corrected chi connectivity index (χ1v) is 45.2. The first-order valence-electron chi connectivity index (χ1n) is 42.3. The maximum Gasteiger partial charge on any atom is 0.306 e. The molecule has 1 aliphatic rings. The Morgan fingerprint density at radius 1 is 0.413 bits per heavy atom. The molecule has 0 aromatic heterocycles. The van der Waals surface area contributed by atoms with E-state index in [0.717, 1.165) is 167 Å². The lowest BCUT2D eigenvalue weighted by Crippen LogP contribution is -2.48. The molecule has 0 saturated carbocycles. The number of esters is 2. The number of hydrogen-bond acceptors (Lipinski definition) is 22. The van der Waals surface area contributed by atoms with Crippen molar-refractivity contribution in [1.82, 2.24) is 21.3 Å². The van der Waals surface area contributed by atoms with Gasteiger partial charge in [0.25, 0.3) is 27.5 Å². The molecule has 1 aliphatic heterocycles. The number of nitrogens with one attached hydrogen (secondary N) is 4. The molecular weight excluding hydrogens is 1440 g/mol. The van der Waals surface area contributed by atoms with Gasteiger partial charge in [-0.15, -0.1) is 0 Å². The average Bonchev–Trinajstić information content (AvgIpc) is 1.66. The predicted molar refractivity (Wildman–Crippen MR) is 422 cm³/mol. The van der Waals surface area contributed by atoms with Crippen molar-refractivity contribution >= 4 is 51.2 Å². The van der Waals surface area contributed by atoms with Crippen molar-refractivity contribution in [1.29, 1.82) is 0 Å². The van der Waals surface area contributed by atoms with Crippen LogP contribution in [0.15, 0.2) is 24.3 Å². The van der Waals surface area contributed by atoms with Gasteiger partial charge in [0.2, 0.25) is 11.8 Å². The number of carbonyl (C=O) groups excluding carboxylic acids is 6. The first-order chi connectivity index (χ1) is 52.4. The number of phosphoric ester groups is 2. The van der Waals surface area contributed by atoms with Gasteiger partial charge < -0.3 is 87.8 Å². The minimum atomic E-state index is -5.13. The normalized spacial score (nSPS) is 17.1. The van der Waals surface area contributed by atoms with E-state index in [4.69, 9.17) is 46.5 Å². The lowest BCUT2D eigenvalue weighted by molar-refractivity contribution is -0.227. The molecule has 1 saturated heterocycles. The van der Waals surface area contributed by atoms with Crippen LogP contribution in [0.25, 0.3) is 0 Å². The Morgan fingerprint density at radius 2 is 0.725 bits per heavy atom. The van der Waals surface area contributed by atoms with Crippen LogP contribution in [-0.2, 0) is 84.4 Å². The smallest absolute Gasteiger partial charge is 0.306 e. The van der Waals surface area contributed by atoms with Crippen LogP contribution in [0.1, 0.15) is 338 Å². The molecule has 0 bridgehead atoms. The van der Waals surface area contributed by atoms with E-state index < -0.39 is 145 Å². The maximum atomic E-state index is 13.7. The number of allylic oxidation sites excluding steroid dienone is 4. The SMILES string of the molecule is CCCCCC/C=C\CCCC(=O)O[C@H](CCCCCCC)CC(=O)NC(COCCC(O)CCCCCCC)COP(=O)([O-])OCCNC(=O)C1OC(C)(C)OC1C(=O)NCCOP(=O)([O-])OCC(COCCC(O)CCCCCCC)NC(=O)C[C@@H](CCCCCCC)OC(=O)CCC/C=C\CCCCCC. The molecule has 26 nitrogen and oxygen atoms in total. The molecule has 0 aromatic rings. The molecule has 638 valence electrons. The zero-order valence-electron chi connectivity index (χ0n) is 68.6. The molecule has 0 aliphatic carbocycles. The third kappa shape index (κ3) is 60.5. The van der Waals surface area contributed by atoms with Crippen LogP contribution >= 0.6 is 15.6 Å². The lowest BCUT2D eigenvalue weighted by atomic mass is 10.1. The summed E-state index contributed by atoms with van der Waals surface area (Å²) in [6, 6.07) is -2.05. The molecule has 6 N–H and O–H groups in total. The van der Waals surface area contributed by atoms with Crippen LogP contribution in [0.2, 0.25) is 0 Å². The van der Waals surface area contributed by atoms with Gasteiger partial charge in [-0.05, 0) is 117 Å². The third-order valence-corrected chi connectivity index (χ3v) is 20.5. The van der Waals surface area contributed by atoms with Crippen LogP contribution in [0.3, 0.4) is 0 Å². The fourth-order valence-electron chi connectivity index (χ4n) is 12.3. The van der Waals surface area contributed by atoms with Gasteiger partial charge in [-0.2, -0.15) is 0 Å². The number of ether oxygens (including phenoxy) is 6. The monoisotopic (exact) mass is 1590 g/mol. The Bertz CT molecular complexity index is 2320. The quantitative estimate of drug-likeness (QED) is 0.0143. The van der Waals surface area contributed by atoms with Crippen molar-refractivity contribution in [3.05, 3.63) is 24.3 Å². The molecule has 1 rings (SSSR count). The number of aliphatic hydroxyl groups is 2. The second-order valence-electron chi connectivity index (χ2n) is 29.6. The predicted octanol–water partition coefficient (Wildman–Crippen LogP) is 14.7. The lowest BCUT2D eigenvalue weighted by Gasteiger charge is -2.27. The van der Waals surface area contributed by atoms with Crippen molar-refractivity contribution in [2.45, 2.75) is 392 Å². The number of amides is 4. The molecule has 10 atom stereocenters. The van der Waals surface area contributed by atoms with Crippen LogP contribution in [-0.4, -0.2) is 166 Å². The van der Waals surface area contributed by atoms with E-state index in [1.807, 2.05) is 0 Å². The van der Waals surface area contributed by atoms with Crippen LogP contribution < -0.4 is 31.1 Å². The third-order valence-electron chi connectivity index (χ3n) is 18.6. The van der Waals surface area contributed by atoms with Crippen LogP contribution in [0.4, 0.5) is 0 Å². The highest BCUT2D eigenvalue weighted by Crippen LogP contribution is 2.39. The largest absolute Gasteiger partial charge is 0.756 e. The molecule has 28 heteroatoms. The number of aliphatic hydroxyl groups excluding tert-OH is 2. The molecule has 1 heterocycles. The minimum absolute atomic E-state index is 0.114. The maximum absolute atomic E-state index is 13.7. The summed E-state index contributed by atoms with van der Waals surface area (Å²) in [4.78, 5) is 107. The summed E-state index contributed by atoms with van der Waals surface area (Å²) in [5.74, 6) is -5.06. The van der Waals surface area contributed by atoms with Gasteiger partial charge in [0.05, 0.1) is 76.8 Å². The van der Waals surface area contributed by atoms with Crippen molar-refractivity contribution < 1.29 is 104 Å². The first kappa shape index (κ1) is 103. The summed E-state index contributed by atoms with van der Waals surface area (Å²) < 4.78 is 82.1. The van der Waals surface area contributed by atoms with Crippen LogP contribution in [0, 0.1) is 0 Å². The number of phosphoric acid groups is 2. The van der Waals surface area contributed by atoms with Gasteiger partial charge in [0.15, 0.2) is 18.0 Å². The molecule has 0 spiro atoms. The fourth-order valence-corrected chi connectivity index (χ4v) is 13.8. The Kier molecular flexibility index (Phi) is 64.1. The highest BCUT2D eigenvalue weighted by atomic mass is 31.2. The standard InChI is InChI=1S/C81H152N4O22P2/c1-9-15-21-27-29-31-33-39-45-51-75(90)104-71(49-43-37-25-19-13-5)61-73(88)84-67(63-98-57-53-69(86)47-41-35-23-17-11-3)65-102-108(94,95)100-59-55-82-79(92)77-78(107-81(7,8)106-77)80(93)83-56-60-101-109(96,97)103-66-68(64-99-58-54-70(87)48-42-36-24-18-12-4)85-74(89)62-72(50-44-38-26-20-14-6)105-76(91)52-46-40-34-32-30-28-22-16-10-2/h31-34,67-72,77-78,86-87H,9-30,35-66H2,1-8H3,(H,82,92)(H,83,93)(H,84,88)(H,85,89)(H,94,95)(H,96,97)/p-2/b33-31-,34-32-/t67?,68?,69?,70?,71-,72-,77?,78?/m1/s1. The summed E-state index contributed by atoms with van der Waals surface area (Å²) in [5, 5.41) is 31.8. The van der Waals surface area contributed by atoms with Gasteiger partial charge >= 0.3 is 11.9 Å². The Hall–Kier alpha value is -3.72. The highest BCUT2D eigenvalue weighted by Gasteiger charge is 2.49. The van der Waals surface area contributed by atoms with Crippen molar-refractivity contribution in [3.63, 3.8) is 0 Å². The summed E-state index contributed by atoms with van der Waals surface area (Å²) in [5.41, 5.74) is 0. The van der Waals surface area contributed by atoms with E-state index >= 15 is 0 Å². The van der Waals surface area contributed by atoms with Gasteiger partial charge in [-0.1, -0.05) is 220 Å². The second kappa shape index (κ2) is 67.6. The summed E-state index contributed by atoms with van der Waals surface area (Å²) in [6.45, 7) is 12.3. The van der Waals surface area contributed by atoms with Gasteiger partial charge in [0.1, 0.15) is 12.2 Å². The highest BCUT2D eigenvalue weighted by molar-refractivity contribution is 7.46. The zero-order chi connectivity index (χ0) is 80.5. The topological polar surface area (TPSA) is 364 Å². The molecule has 4 amide bonds. The summed E-state index contributed by atoms with van der Waals surface area (Å²) in [6.07, 6.45) is 39.4. The minimum Gasteiger partial charge on any atom is -0.756 e. The van der Waals surface area contributed by atoms with E-state index in [1.54, 1.807) is 0 Å². The Labute approximate surface area is 656 Å². The van der Waals surface area contributed by atoms with Gasteiger partial charge in [-0.3, -0.25) is 37.9 Å². The summed E-state index contributed by atoms with van der Waals surface area (Å²) in [7, 11) is -10.3. The van der Waals surface area contributed by atoms with Crippen molar-refractivity contribution in [2.24, 2.45) is 0 Å². The van der Waals surface area contributed by atoms with E-state index in [-0.39, 0.29) is 52.1 Å². The summed E-state index contributed by atoms with van der Waals surface area (Å²) >= 11 is 0. The van der Waals surface area contributed by atoms with Crippen molar-refractivity contribution in [2.75, 3.05) is 65.9 Å². The molecule has 0 aromatic carbocycles. The number of rotatable bonds is 76. The molecule has 109 heavy (non-hydrogen) atoms. The number of carbonyl (C=O) groups is 6. The average molecular weight is 1590 g/mol. The van der Waals surface area contributed by atoms with E-state index in [2.05, 4.69) is 87.1 Å². The van der Waals surface area contributed by atoms with E-state index in [9.17, 15) is 57.9 Å². The molecule has 0 radical (unpaired) electrons. The van der Waals surface area contributed by atoms with E-state index in [1.165, 1.54) is 52.4 Å². The molecule has 1 fully saturated rings. The number of unbranched alkanes of at least 4 members (excludes halogenated alkanes) is 26. The van der Waals surface area contributed by atoms with Gasteiger partial charge in [-0.25, -0.2) is 0 Å². The Balaban J connectivity index is 3.04. The van der Waals surface area contributed by atoms with Crippen molar-refractivity contribution in [3.8, 4) is 0 Å².